The largest absolute Gasteiger partial charge is 0.373 e. The number of rotatable bonds is 6. The van der Waals surface area contributed by atoms with Gasteiger partial charge in [0, 0.05) is 13.0 Å². The van der Waals surface area contributed by atoms with Crippen molar-refractivity contribution in [3.8, 4) is 0 Å². The molecule has 0 atom stereocenters. The molecule has 0 radical (unpaired) electrons. The number of nitrogens with one attached hydrogen (secondary N) is 1. The van der Waals surface area contributed by atoms with Crippen LogP contribution in [0.25, 0.3) is 0 Å². The van der Waals surface area contributed by atoms with Crippen LogP contribution in [0.4, 0.5) is 0 Å². The molecule has 2 rings (SSSR count). The van der Waals surface area contributed by atoms with Gasteiger partial charge >= 0.3 is 0 Å². The van der Waals surface area contributed by atoms with Crippen LogP contribution >= 0.6 is 0 Å². The number of nitrogens with zero attached hydrogens (tertiary/aromatic N) is 2. The standard InChI is InChI=1S/C12H21N3O2/c1-2-7-16-9-11-14-12(17-15-11)8-10-3-5-13-6-4-10/h10,13H,2-9H2,1H3. The molecule has 1 aromatic rings. The highest BCUT2D eigenvalue weighted by Crippen LogP contribution is 2.16. The lowest BCUT2D eigenvalue weighted by Gasteiger charge is -2.20. The molecule has 5 nitrogen and oxygen atoms in total. The van der Waals surface area contributed by atoms with E-state index in [0.29, 0.717) is 18.3 Å². The van der Waals surface area contributed by atoms with Crippen LogP contribution in [-0.4, -0.2) is 29.8 Å². The Hall–Kier alpha value is -0.940. The minimum Gasteiger partial charge on any atom is -0.373 e. The molecule has 0 spiro atoms. The smallest absolute Gasteiger partial charge is 0.227 e. The molecule has 0 aliphatic carbocycles. The Morgan fingerprint density at radius 1 is 1.41 bits per heavy atom. The lowest BCUT2D eigenvalue weighted by atomic mass is 9.95. The van der Waals surface area contributed by atoms with Gasteiger partial charge in [0.15, 0.2) is 5.82 Å². The summed E-state index contributed by atoms with van der Waals surface area (Å²) in [5.74, 6) is 2.11. The maximum Gasteiger partial charge on any atom is 0.227 e. The molecule has 5 heteroatoms. The second-order valence-electron chi connectivity index (χ2n) is 4.55. The summed E-state index contributed by atoms with van der Waals surface area (Å²) in [4.78, 5) is 4.35. The summed E-state index contributed by atoms with van der Waals surface area (Å²) in [5.41, 5.74) is 0. The molecule has 1 aliphatic heterocycles. The van der Waals surface area contributed by atoms with Crippen molar-refractivity contribution in [1.29, 1.82) is 0 Å². The van der Waals surface area contributed by atoms with E-state index in [1.54, 1.807) is 0 Å². The highest BCUT2D eigenvalue weighted by atomic mass is 16.5. The van der Waals surface area contributed by atoms with E-state index >= 15 is 0 Å². The van der Waals surface area contributed by atoms with Crippen LogP contribution in [0.3, 0.4) is 0 Å². The number of ether oxygens (including phenoxy) is 1. The van der Waals surface area contributed by atoms with Crippen molar-refractivity contribution < 1.29 is 9.26 Å². The Balaban J connectivity index is 1.76. The van der Waals surface area contributed by atoms with E-state index < -0.39 is 0 Å². The van der Waals surface area contributed by atoms with Crippen molar-refractivity contribution in [2.45, 2.75) is 39.2 Å². The molecule has 0 saturated carbocycles. The van der Waals surface area contributed by atoms with Gasteiger partial charge in [0.05, 0.1) is 0 Å². The van der Waals surface area contributed by atoms with Crippen molar-refractivity contribution in [3.63, 3.8) is 0 Å². The summed E-state index contributed by atoms with van der Waals surface area (Å²) < 4.78 is 10.6. The third kappa shape index (κ3) is 4.09. The quantitative estimate of drug-likeness (QED) is 0.763. The van der Waals surface area contributed by atoms with Crippen LogP contribution in [0.2, 0.25) is 0 Å². The summed E-state index contributed by atoms with van der Waals surface area (Å²) >= 11 is 0. The van der Waals surface area contributed by atoms with Gasteiger partial charge in [-0.25, -0.2) is 0 Å². The summed E-state index contributed by atoms with van der Waals surface area (Å²) in [6.07, 6.45) is 4.32. The third-order valence-corrected chi connectivity index (χ3v) is 3.01. The van der Waals surface area contributed by atoms with Gasteiger partial charge in [-0.05, 0) is 38.3 Å². The predicted octanol–water partition coefficient (Wildman–Crippen LogP) is 1.54. The first-order valence-corrected chi connectivity index (χ1v) is 6.48. The van der Waals surface area contributed by atoms with Gasteiger partial charge < -0.3 is 14.6 Å². The molecule has 1 aromatic heterocycles. The fraction of sp³-hybridized carbons (Fsp3) is 0.833. The third-order valence-electron chi connectivity index (χ3n) is 3.01. The van der Waals surface area contributed by atoms with E-state index in [2.05, 4.69) is 22.4 Å². The van der Waals surface area contributed by atoms with E-state index in [4.69, 9.17) is 9.26 Å². The maximum atomic E-state index is 5.38. The summed E-state index contributed by atoms with van der Waals surface area (Å²) in [7, 11) is 0. The maximum absolute atomic E-state index is 5.38. The summed E-state index contributed by atoms with van der Waals surface area (Å²) in [6.45, 7) is 5.50. The number of hydrogen-bond acceptors (Lipinski definition) is 5. The van der Waals surface area contributed by atoms with E-state index in [-0.39, 0.29) is 0 Å². The first-order chi connectivity index (χ1) is 8.38. The molecule has 1 fully saturated rings. The molecule has 0 bridgehead atoms. The van der Waals surface area contributed by atoms with Gasteiger partial charge in [0.1, 0.15) is 6.61 Å². The number of piperidine rings is 1. The lowest BCUT2D eigenvalue weighted by Crippen LogP contribution is -2.28. The van der Waals surface area contributed by atoms with E-state index in [0.717, 1.165) is 38.4 Å². The lowest BCUT2D eigenvalue weighted by molar-refractivity contribution is 0.114. The zero-order valence-electron chi connectivity index (χ0n) is 10.4. The fourth-order valence-corrected chi connectivity index (χ4v) is 2.07. The minimum absolute atomic E-state index is 0.462. The molecule has 1 N–H and O–H groups in total. The molecular weight excluding hydrogens is 218 g/mol. The van der Waals surface area contributed by atoms with Gasteiger partial charge in [-0.2, -0.15) is 4.98 Å². The van der Waals surface area contributed by atoms with Gasteiger partial charge in [-0.3, -0.25) is 0 Å². The van der Waals surface area contributed by atoms with Crippen LogP contribution in [0.1, 0.15) is 37.9 Å². The Morgan fingerprint density at radius 3 is 3.00 bits per heavy atom. The highest BCUT2D eigenvalue weighted by Gasteiger charge is 2.17. The molecule has 96 valence electrons. The monoisotopic (exact) mass is 239 g/mol. The van der Waals surface area contributed by atoms with Crippen LogP contribution in [-0.2, 0) is 17.8 Å². The van der Waals surface area contributed by atoms with Crippen molar-refractivity contribution in [2.24, 2.45) is 5.92 Å². The van der Waals surface area contributed by atoms with E-state index in [9.17, 15) is 0 Å². The second-order valence-corrected chi connectivity index (χ2v) is 4.55. The molecule has 17 heavy (non-hydrogen) atoms. The van der Waals surface area contributed by atoms with E-state index in [1.165, 1.54) is 12.8 Å². The average Bonchev–Trinajstić information content (AvgIpc) is 2.79. The molecule has 1 aliphatic rings. The fourth-order valence-electron chi connectivity index (χ4n) is 2.07. The van der Waals surface area contributed by atoms with Crippen molar-refractivity contribution in [1.82, 2.24) is 15.5 Å². The van der Waals surface area contributed by atoms with Crippen molar-refractivity contribution in [2.75, 3.05) is 19.7 Å². The highest BCUT2D eigenvalue weighted by molar-refractivity contribution is 4.87. The van der Waals surface area contributed by atoms with Crippen LogP contribution in [0.15, 0.2) is 4.52 Å². The van der Waals surface area contributed by atoms with E-state index in [1.807, 2.05) is 0 Å². The zero-order valence-corrected chi connectivity index (χ0v) is 10.4. The Labute approximate surface area is 102 Å². The first kappa shape index (κ1) is 12.5. The predicted molar refractivity (Wildman–Crippen MR) is 63.5 cm³/mol. The minimum atomic E-state index is 0.462. The summed E-state index contributed by atoms with van der Waals surface area (Å²) in [5, 5.41) is 7.28. The molecular formula is C12H21N3O2. The zero-order chi connectivity index (χ0) is 11.9. The molecule has 0 unspecified atom stereocenters. The Bertz CT molecular complexity index is 321. The second kappa shape index (κ2) is 6.71. The van der Waals surface area contributed by atoms with Gasteiger partial charge in [0.25, 0.3) is 0 Å². The van der Waals surface area contributed by atoms with Crippen LogP contribution in [0, 0.1) is 5.92 Å². The van der Waals surface area contributed by atoms with Crippen LogP contribution < -0.4 is 5.32 Å². The first-order valence-electron chi connectivity index (χ1n) is 6.48. The van der Waals surface area contributed by atoms with Crippen molar-refractivity contribution in [3.05, 3.63) is 11.7 Å². The topological polar surface area (TPSA) is 60.2 Å². The molecule has 0 amide bonds. The molecule has 1 saturated heterocycles. The van der Waals surface area contributed by atoms with Crippen molar-refractivity contribution >= 4 is 0 Å². The van der Waals surface area contributed by atoms with Gasteiger partial charge in [0.2, 0.25) is 5.89 Å². The van der Waals surface area contributed by atoms with Gasteiger partial charge in [-0.1, -0.05) is 12.1 Å². The average molecular weight is 239 g/mol. The number of aromatic nitrogens is 2. The SMILES string of the molecule is CCCOCc1noc(CC2CCNCC2)n1. The normalized spacial score (nSPS) is 17.5. The number of hydrogen-bond donors (Lipinski definition) is 1. The van der Waals surface area contributed by atoms with Crippen LogP contribution in [0.5, 0.6) is 0 Å². The molecule has 0 aromatic carbocycles. The Kier molecular flexibility index (Phi) is 4.94. The molecule has 2 heterocycles. The van der Waals surface area contributed by atoms with Gasteiger partial charge in [-0.15, -0.1) is 0 Å². The summed E-state index contributed by atoms with van der Waals surface area (Å²) in [6, 6.07) is 0. The Morgan fingerprint density at radius 2 is 2.24 bits per heavy atom.